The van der Waals surface area contributed by atoms with E-state index in [1.54, 1.807) is 39.9 Å². The lowest BCUT2D eigenvalue weighted by molar-refractivity contribution is -0.0532. The van der Waals surface area contributed by atoms with E-state index < -0.39 is 5.60 Å². The summed E-state index contributed by atoms with van der Waals surface area (Å²) in [5.41, 5.74) is 0.310. The molecule has 0 atom stereocenters. The van der Waals surface area contributed by atoms with Crippen molar-refractivity contribution in [1.29, 1.82) is 0 Å². The summed E-state index contributed by atoms with van der Waals surface area (Å²) in [4.78, 5) is 10.0. The van der Waals surface area contributed by atoms with Gasteiger partial charge in [-0.05, 0) is 43.3 Å². The normalized spacial score (nSPS) is 22.2. The third kappa shape index (κ3) is 3.26. The summed E-state index contributed by atoms with van der Waals surface area (Å²) in [6.45, 7) is 2.42. The van der Waals surface area contributed by atoms with Crippen molar-refractivity contribution in [3.63, 3.8) is 0 Å². The third-order valence-corrected chi connectivity index (χ3v) is 4.52. The van der Waals surface area contributed by atoms with Crippen LogP contribution in [0.1, 0.15) is 19.8 Å². The van der Waals surface area contributed by atoms with Gasteiger partial charge in [0, 0.05) is 25.0 Å². The lowest BCUT2D eigenvalue weighted by atomic mass is 9.72. The zero-order chi connectivity index (χ0) is 18.3. The molecular weight excluding hydrogens is 328 g/mol. The molecule has 0 bridgehead atoms. The third-order valence-electron chi connectivity index (χ3n) is 4.52. The maximum absolute atomic E-state index is 9.92. The van der Waals surface area contributed by atoms with Crippen molar-refractivity contribution in [3.8, 4) is 11.6 Å². The summed E-state index contributed by atoms with van der Waals surface area (Å²) in [6.07, 6.45) is 6.23. The monoisotopic (exact) mass is 345 g/mol. The van der Waals surface area contributed by atoms with Crippen molar-refractivity contribution in [2.75, 3.05) is 11.4 Å². The van der Waals surface area contributed by atoms with Crippen LogP contribution in [0, 0.1) is 5.92 Å². The second-order valence-electron chi connectivity index (χ2n) is 7.00. The molecule has 4 radical (unpaired) electrons. The average Bonchev–Trinajstić information content (AvgIpc) is 2.95. The fraction of sp³-hybridized carbons (Fsp3) is 0.353. The van der Waals surface area contributed by atoms with Gasteiger partial charge >= 0.3 is 0 Å². The Bertz CT molecular complexity index is 924. The zero-order valence-corrected chi connectivity index (χ0v) is 14.4. The molecule has 0 aliphatic heterocycles. The van der Waals surface area contributed by atoms with Gasteiger partial charge in [0.05, 0.1) is 11.8 Å². The van der Waals surface area contributed by atoms with Crippen LogP contribution >= 0.6 is 0 Å². The topological polar surface area (TPSA) is 75.8 Å². The van der Waals surface area contributed by atoms with E-state index in [9.17, 15) is 5.11 Å². The van der Waals surface area contributed by atoms with Gasteiger partial charge in [-0.15, -0.1) is 0 Å². The van der Waals surface area contributed by atoms with E-state index in [1.165, 1.54) is 6.20 Å². The van der Waals surface area contributed by atoms with Crippen molar-refractivity contribution in [1.82, 2.24) is 19.6 Å². The largest absolute Gasteiger partial charge is 0.437 e. The molecule has 128 valence electrons. The smallest absolute Gasteiger partial charge is 0.228 e. The van der Waals surface area contributed by atoms with Crippen molar-refractivity contribution < 1.29 is 9.84 Å². The van der Waals surface area contributed by atoms with Gasteiger partial charge in [0.2, 0.25) is 13.9 Å². The number of rotatable bonds is 5. The number of nitrogens with zero attached hydrogens (tertiary/aromatic N) is 5. The molecule has 3 aromatic heterocycles. The van der Waals surface area contributed by atoms with Crippen LogP contribution in [-0.4, -0.2) is 52.7 Å². The number of hydrogen-bond acceptors (Lipinski definition) is 6. The minimum atomic E-state index is -0.593. The standard InChI is InChI=1S/C17H17B2N5O2/c1-17(25)6-11(7-17)10-23(19)15-5-14(26-12-3-2-4-20-8-12)22-16-13(18)9-21-24(15)16/h2-5,8-9,11,25H,6-7,10H2,1H3. The van der Waals surface area contributed by atoms with E-state index in [1.807, 2.05) is 6.92 Å². The molecular formula is C17H17B2N5O2. The van der Waals surface area contributed by atoms with E-state index in [0.29, 0.717) is 41.0 Å². The number of aromatic nitrogens is 4. The Balaban J connectivity index is 1.64. The first-order chi connectivity index (χ1) is 12.4. The van der Waals surface area contributed by atoms with Gasteiger partial charge in [-0.25, -0.2) is 4.52 Å². The first-order valence-electron chi connectivity index (χ1n) is 8.38. The van der Waals surface area contributed by atoms with Crippen molar-refractivity contribution in [2.24, 2.45) is 5.92 Å². The number of fused-ring (bicyclic) bond motifs is 1. The molecule has 0 aromatic carbocycles. The molecule has 1 N–H and O–H groups in total. The van der Waals surface area contributed by atoms with Crippen LogP contribution in [0.2, 0.25) is 0 Å². The fourth-order valence-electron chi connectivity index (χ4n) is 3.41. The Kier molecular flexibility index (Phi) is 4.11. The highest BCUT2D eigenvalue weighted by atomic mass is 16.5. The molecule has 7 nitrogen and oxygen atoms in total. The number of ether oxygens (including phenoxy) is 1. The van der Waals surface area contributed by atoms with Gasteiger partial charge in [-0.3, -0.25) is 4.98 Å². The summed E-state index contributed by atoms with van der Waals surface area (Å²) in [6, 6.07) is 5.28. The highest BCUT2D eigenvalue weighted by molar-refractivity contribution is 6.36. The minimum absolute atomic E-state index is 0.314. The van der Waals surface area contributed by atoms with Gasteiger partial charge in [0.25, 0.3) is 0 Å². The van der Waals surface area contributed by atoms with Gasteiger partial charge < -0.3 is 14.7 Å². The van der Waals surface area contributed by atoms with Gasteiger partial charge in [-0.2, -0.15) is 10.1 Å². The van der Waals surface area contributed by atoms with E-state index in [2.05, 4.69) is 15.1 Å². The van der Waals surface area contributed by atoms with E-state index in [4.69, 9.17) is 20.6 Å². The Labute approximate surface area is 153 Å². The molecule has 1 fully saturated rings. The van der Waals surface area contributed by atoms with Crippen LogP contribution in [0.15, 0.2) is 36.8 Å². The summed E-state index contributed by atoms with van der Waals surface area (Å²) in [7, 11) is 12.3. The molecule has 0 unspecified atom stereocenters. The fourth-order valence-corrected chi connectivity index (χ4v) is 3.41. The maximum atomic E-state index is 9.92. The Morgan fingerprint density at radius 1 is 1.42 bits per heavy atom. The second-order valence-corrected chi connectivity index (χ2v) is 7.00. The highest BCUT2D eigenvalue weighted by Gasteiger charge is 2.38. The van der Waals surface area contributed by atoms with Crippen molar-refractivity contribution in [3.05, 3.63) is 36.8 Å². The molecule has 0 spiro atoms. The Morgan fingerprint density at radius 3 is 2.92 bits per heavy atom. The predicted molar refractivity (Wildman–Crippen MR) is 99.1 cm³/mol. The summed E-state index contributed by atoms with van der Waals surface area (Å²) in [5.74, 6) is 1.83. The molecule has 1 saturated carbocycles. The number of aliphatic hydroxyl groups is 1. The average molecular weight is 345 g/mol. The van der Waals surface area contributed by atoms with Crippen molar-refractivity contribution >= 4 is 32.8 Å². The Morgan fingerprint density at radius 2 is 2.23 bits per heavy atom. The SMILES string of the molecule is [B]c1cnn2c(N([B])CC3CC(C)(O)C3)cc(Oc3cccnc3)nc12. The Hall–Kier alpha value is -2.54. The van der Waals surface area contributed by atoms with Gasteiger partial charge in [-0.1, -0.05) is 0 Å². The molecule has 26 heavy (non-hydrogen) atoms. The molecule has 0 amide bonds. The van der Waals surface area contributed by atoms with E-state index in [0.717, 1.165) is 12.8 Å². The molecule has 1 aliphatic rings. The number of hydrogen-bond donors (Lipinski definition) is 1. The predicted octanol–water partition coefficient (Wildman–Crippen LogP) is 0.761. The molecule has 3 aromatic rings. The molecule has 3 heterocycles. The van der Waals surface area contributed by atoms with Gasteiger partial charge in [0.1, 0.15) is 19.4 Å². The summed E-state index contributed by atoms with van der Waals surface area (Å²) in [5, 5.41) is 14.2. The van der Waals surface area contributed by atoms with E-state index >= 15 is 0 Å². The zero-order valence-electron chi connectivity index (χ0n) is 14.4. The number of anilines is 1. The highest BCUT2D eigenvalue weighted by Crippen LogP contribution is 2.38. The van der Waals surface area contributed by atoms with Gasteiger partial charge in [0.15, 0.2) is 5.65 Å². The summed E-state index contributed by atoms with van der Waals surface area (Å²) >= 11 is 0. The number of pyridine rings is 1. The second kappa shape index (κ2) is 6.32. The van der Waals surface area contributed by atoms with Crippen LogP contribution in [0.4, 0.5) is 5.82 Å². The van der Waals surface area contributed by atoms with Crippen LogP contribution in [0.25, 0.3) is 5.65 Å². The summed E-state index contributed by atoms with van der Waals surface area (Å²) < 4.78 is 7.37. The van der Waals surface area contributed by atoms with Crippen molar-refractivity contribution in [2.45, 2.75) is 25.4 Å². The van der Waals surface area contributed by atoms with Crippen LogP contribution in [0.5, 0.6) is 11.6 Å². The van der Waals surface area contributed by atoms with Crippen LogP contribution in [-0.2, 0) is 0 Å². The first-order valence-corrected chi connectivity index (χ1v) is 8.38. The molecule has 0 saturated heterocycles. The maximum Gasteiger partial charge on any atom is 0.228 e. The first kappa shape index (κ1) is 16.9. The quantitative estimate of drug-likeness (QED) is 0.689. The minimum Gasteiger partial charge on any atom is -0.437 e. The molecule has 9 heteroatoms. The van der Waals surface area contributed by atoms with Crippen LogP contribution < -0.4 is 15.0 Å². The molecule has 4 rings (SSSR count). The van der Waals surface area contributed by atoms with E-state index in [-0.39, 0.29) is 0 Å². The molecule has 1 aliphatic carbocycles. The van der Waals surface area contributed by atoms with Crippen LogP contribution in [0.3, 0.4) is 0 Å². The lowest BCUT2D eigenvalue weighted by Crippen LogP contribution is -2.46. The lowest BCUT2D eigenvalue weighted by Gasteiger charge is -2.43.